The molecule has 0 saturated carbocycles. The van der Waals surface area contributed by atoms with Crippen LogP contribution in [-0.4, -0.2) is 50.8 Å². The van der Waals surface area contributed by atoms with Gasteiger partial charge in [0.25, 0.3) is 0 Å². The molecule has 0 saturated heterocycles. The predicted octanol–water partition coefficient (Wildman–Crippen LogP) is 8.32. The number of aliphatic carboxylic acids is 1. The normalized spacial score (nSPS) is 11.1. The summed E-state index contributed by atoms with van der Waals surface area (Å²) in [5, 5.41) is 10.5. The fraction of sp³-hybridized carbons (Fsp3) is 0.257. The van der Waals surface area contributed by atoms with E-state index in [-0.39, 0.29) is 37.6 Å². The van der Waals surface area contributed by atoms with Crippen LogP contribution in [0.15, 0.2) is 73.1 Å². The topological polar surface area (TPSA) is 124 Å². The number of unbranched alkanes of at least 4 members (excludes halogenated alkanes) is 3. The quantitative estimate of drug-likeness (QED) is 0.0842. The number of ether oxygens (including phenoxy) is 2. The molecule has 0 spiro atoms. The molecule has 9 nitrogen and oxygen atoms in total. The van der Waals surface area contributed by atoms with E-state index in [9.17, 15) is 18.8 Å². The number of hydrogen-bond acceptors (Lipinski definition) is 6. The Kier molecular flexibility index (Phi) is 11.3. The first-order valence-corrected chi connectivity index (χ1v) is 15.9. The summed E-state index contributed by atoms with van der Waals surface area (Å²) >= 11 is 12.4. The number of hydrogen-bond donors (Lipinski definition) is 2. The van der Waals surface area contributed by atoms with E-state index in [1.54, 1.807) is 42.7 Å². The second kappa shape index (κ2) is 15.8. The number of esters is 2. The van der Waals surface area contributed by atoms with Gasteiger partial charge >= 0.3 is 17.9 Å². The van der Waals surface area contributed by atoms with Crippen molar-refractivity contribution >= 4 is 52.0 Å². The van der Waals surface area contributed by atoms with Gasteiger partial charge in [0.05, 0.1) is 43.8 Å². The van der Waals surface area contributed by atoms with Crippen molar-refractivity contribution in [3.63, 3.8) is 0 Å². The summed E-state index contributed by atoms with van der Waals surface area (Å²) in [6, 6.07) is 18.8. The van der Waals surface area contributed by atoms with E-state index in [1.807, 2.05) is 22.8 Å². The van der Waals surface area contributed by atoms with Gasteiger partial charge in [-0.05, 0) is 79.8 Å². The lowest BCUT2D eigenvalue weighted by Crippen LogP contribution is -2.10. The summed E-state index contributed by atoms with van der Waals surface area (Å²) in [6.07, 6.45) is 3.96. The van der Waals surface area contributed by atoms with E-state index in [4.69, 9.17) is 42.8 Å². The number of imidazole rings is 1. The summed E-state index contributed by atoms with van der Waals surface area (Å²) in [7, 11) is 0. The molecule has 244 valence electrons. The Bertz CT molecular complexity index is 1870. The summed E-state index contributed by atoms with van der Waals surface area (Å²) in [6.45, 7) is 0.797. The maximum atomic E-state index is 13.9. The largest absolute Gasteiger partial charge is 0.481 e. The average Bonchev–Trinajstić information content (AvgIpc) is 3.63. The number of carboxylic acids is 1. The number of carbonyl (C=O) groups is 3. The molecule has 0 aliphatic heterocycles. The molecule has 5 rings (SSSR count). The summed E-state index contributed by atoms with van der Waals surface area (Å²) in [5.41, 5.74) is 4.29. The second-order valence-electron chi connectivity index (χ2n) is 10.9. The highest BCUT2D eigenvalue weighted by atomic mass is 35.5. The summed E-state index contributed by atoms with van der Waals surface area (Å²) in [5.74, 6) is -2.51. The van der Waals surface area contributed by atoms with Crippen LogP contribution >= 0.6 is 23.2 Å². The van der Waals surface area contributed by atoms with E-state index >= 15 is 0 Å². The maximum Gasteiger partial charge on any atom is 0.355 e. The number of rotatable bonds is 15. The molecule has 0 bridgehead atoms. The van der Waals surface area contributed by atoms with Gasteiger partial charge in [0.2, 0.25) is 0 Å². The van der Waals surface area contributed by atoms with Gasteiger partial charge in [-0.25, -0.2) is 14.2 Å². The smallest absolute Gasteiger partial charge is 0.355 e. The van der Waals surface area contributed by atoms with Crippen LogP contribution in [0, 0.1) is 5.82 Å². The molecule has 0 aliphatic carbocycles. The monoisotopic (exact) mass is 679 g/mol. The zero-order chi connectivity index (χ0) is 33.3. The molecule has 0 amide bonds. The summed E-state index contributed by atoms with van der Waals surface area (Å²) < 4.78 is 26.6. The second-order valence-corrected chi connectivity index (χ2v) is 11.8. The van der Waals surface area contributed by atoms with E-state index in [1.165, 1.54) is 12.1 Å². The molecule has 0 atom stereocenters. The van der Waals surface area contributed by atoms with Crippen molar-refractivity contribution in [1.82, 2.24) is 14.5 Å². The van der Waals surface area contributed by atoms with Crippen molar-refractivity contribution < 1.29 is 33.4 Å². The van der Waals surface area contributed by atoms with Crippen LogP contribution in [0.25, 0.3) is 33.4 Å². The average molecular weight is 681 g/mol. The Balaban J connectivity index is 1.36. The van der Waals surface area contributed by atoms with Gasteiger partial charge in [0.1, 0.15) is 11.5 Å². The minimum absolute atomic E-state index is 0.152. The first-order valence-electron chi connectivity index (χ1n) is 15.1. The SMILES string of the molecule is O=C(O)CCC(=O)OCCCCCCOC(=O)c1[nH]c2cc(Cl)ccc2c1-c1c(-c2ccc(F)cc2)ncn1Cc1ccc(Cl)cc1. The molecular weight excluding hydrogens is 648 g/mol. The molecule has 2 N–H and O–H groups in total. The molecule has 12 heteroatoms. The first kappa shape index (κ1) is 33.7. The number of aromatic nitrogens is 3. The highest BCUT2D eigenvalue weighted by molar-refractivity contribution is 6.31. The maximum absolute atomic E-state index is 13.9. The van der Waals surface area contributed by atoms with Crippen LogP contribution in [-0.2, 0) is 25.6 Å². The fourth-order valence-corrected chi connectivity index (χ4v) is 5.50. The molecule has 0 unspecified atom stereocenters. The van der Waals surface area contributed by atoms with Crippen molar-refractivity contribution in [2.75, 3.05) is 13.2 Å². The minimum Gasteiger partial charge on any atom is -0.481 e. The Morgan fingerprint density at radius 1 is 0.851 bits per heavy atom. The molecule has 2 aromatic heterocycles. The third-order valence-electron chi connectivity index (χ3n) is 7.50. The molecule has 2 heterocycles. The summed E-state index contributed by atoms with van der Waals surface area (Å²) in [4.78, 5) is 43.7. The Morgan fingerprint density at radius 3 is 2.23 bits per heavy atom. The third-order valence-corrected chi connectivity index (χ3v) is 7.99. The lowest BCUT2D eigenvalue weighted by Gasteiger charge is -2.13. The van der Waals surface area contributed by atoms with E-state index in [2.05, 4.69) is 4.98 Å². The molecule has 0 fully saturated rings. The van der Waals surface area contributed by atoms with Crippen molar-refractivity contribution in [2.24, 2.45) is 0 Å². The lowest BCUT2D eigenvalue weighted by atomic mass is 10.0. The number of halogens is 3. The van der Waals surface area contributed by atoms with Crippen LogP contribution in [0.2, 0.25) is 10.0 Å². The minimum atomic E-state index is -1.04. The van der Waals surface area contributed by atoms with Crippen LogP contribution in [0.1, 0.15) is 54.6 Å². The van der Waals surface area contributed by atoms with Crippen LogP contribution in [0.4, 0.5) is 4.39 Å². The number of carboxylic acid groups (broad SMARTS) is 1. The standard InChI is InChI=1S/C35H32Cl2FN3O6/c36-24-9-5-22(6-10-24)20-41-21-39-32(23-7-12-26(38)13-8-23)34(41)31-27-14-11-25(37)19-28(27)40-33(31)35(45)47-18-4-2-1-3-17-46-30(44)16-15-29(42)43/h5-14,19,21,40H,1-4,15-18,20H2,(H,42,43). The zero-order valence-corrected chi connectivity index (χ0v) is 26.8. The number of benzene rings is 3. The van der Waals surface area contributed by atoms with Gasteiger partial charge in [-0.2, -0.15) is 0 Å². The lowest BCUT2D eigenvalue weighted by molar-refractivity contribution is -0.147. The van der Waals surface area contributed by atoms with Gasteiger partial charge in [-0.1, -0.05) is 41.4 Å². The Hall–Kier alpha value is -4.67. The van der Waals surface area contributed by atoms with Gasteiger partial charge in [0, 0.05) is 38.6 Å². The predicted molar refractivity (Wildman–Crippen MR) is 177 cm³/mol. The number of H-pyrrole nitrogens is 1. The fourth-order valence-electron chi connectivity index (χ4n) is 5.20. The van der Waals surface area contributed by atoms with Crippen LogP contribution in [0.5, 0.6) is 0 Å². The number of nitrogens with zero attached hydrogens (tertiary/aromatic N) is 2. The Labute approximate surface area is 280 Å². The third kappa shape index (κ3) is 8.78. The highest BCUT2D eigenvalue weighted by Crippen LogP contribution is 2.40. The molecule has 3 aromatic carbocycles. The van der Waals surface area contributed by atoms with E-state index in [0.717, 1.165) is 23.8 Å². The van der Waals surface area contributed by atoms with E-state index in [0.29, 0.717) is 57.5 Å². The Morgan fingerprint density at radius 2 is 1.53 bits per heavy atom. The zero-order valence-electron chi connectivity index (χ0n) is 25.3. The molecule has 0 aliphatic rings. The van der Waals surface area contributed by atoms with Gasteiger partial charge < -0.3 is 24.1 Å². The van der Waals surface area contributed by atoms with Crippen molar-refractivity contribution in [2.45, 2.75) is 45.1 Å². The molecule has 5 aromatic rings. The van der Waals surface area contributed by atoms with Gasteiger partial charge in [0.15, 0.2) is 0 Å². The number of aromatic amines is 1. The van der Waals surface area contributed by atoms with E-state index < -0.39 is 17.9 Å². The first-order chi connectivity index (χ1) is 22.7. The molecular formula is C35H32Cl2FN3O6. The van der Waals surface area contributed by atoms with Crippen molar-refractivity contribution in [3.05, 3.63) is 100 Å². The highest BCUT2D eigenvalue weighted by Gasteiger charge is 2.27. The number of nitrogens with one attached hydrogen (secondary N) is 1. The number of fused-ring (bicyclic) bond motifs is 1. The molecule has 47 heavy (non-hydrogen) atoms. The van der Waals surface area contributed by atoms with Gasteiger partial charge in [-0.15, -0.1) is 0 Å². The van der Waals surface area contributed by atoms with Crippen LogP contribution < -0.4 is 0 Å². The number of carbonyl (C=O) groups excluding carboxylic acids is 2. The van der Waals surface area contributed by atoms with Gasteiger partial charge in [-0.3, -0.25) is 9.59 Å². The van der Waals surface area contributed by atoms with Crippen molar-refractivity contribution in [1.29, 1.82) is 0 Å². The van der Waals surface area contributed by atoms with Crippen molar-refractivity contribution in [3.8, 4) is 22.5 Å². The van der Waals surface area contributed by atoms with Crippen LogP contribution in [0.3, 0.4) is 0 Å². The molecule has 0 radical (unpaired) electrons.